The lowest BCUT2D eigenvalue weighted by atomic mass is 9.74. The largest absolute Gasteiger partial charge is 0.477 e. The van der Waals surface area contributed by atoms with Crippen molar-refractivity contribution in [3.8, 4) is 0 Å². The fourth-order valence-electron chi connectivity index (χ4n) is 12.7. The average Bonchev–Trinajstić information content (AvgIpc) is 3.46. The van der Waals surface area contributed by atoms with Crippen molar-refractivity contribution in [3.05, 3.63) is 45.2 Å². The fourth-order valence-corrected chi connectivity index (χ4v) is 12.7. The summed E-state index contributed by atoms with van der Waals surface area (Å²) in [5, 5.41) is 45.5. The number of carbonyl (C=O) groups excluding carboxylic acids is 3. The third kappa shape index (κ3) is 13.8. The lowest BCUT2D eigenvalue weighted by Crippen LogP contribution is -2.61. The van der Waals surface area contributed by atoms with Gasteiger partial charge in [0, 0.05) is 68.1 Å². The number of hydrogen-bond donors (Lipinski definition) is 4. The lowest BCUT2D eigenvalue weighted by Gasteiger charge is -2.50. The van der Waals surface area contributed by atoms with E-state index in [4.69, 9.17) is 42.6 Å². The molecule has 0 bridgehead atoms. The van der Waals surface area contributed by atoms with E-state index in [1.807, 2.05) is 64.7 Å². The highest BCUT2D eigenvalue weighted by Crippen LogP contribution is 2.43. The Kier molecular flexibility index (Phi) is 21.1. The zero-order chi connectivity index (χ0) is 59.7. The van der Waals surface area contributed by atoms with Crippen molar-refractivity contribution in [2.24, 2.45) is 23.7 Å². The molecule has 3 saturated heterocycles. The highest BCUT2D eigenvalue weighted by Gasteiger charge is 2.55. The number of nitrogens with zero attached hydrogens (tertiary/aromatic N) is 3. The first-order chi connectivity index (χ1) is 37.2. The molecule has 0 radical (unpaired) electrons. The zero-order valence-corrected chi connectivity index (χ0v) is 50.3. The number of hydrogen-bond acceptors (Lipinski definition) is 19. The maximum absolute atomic E-state index is 14.6. The SMILES string of the molecule is CC[C@H]1OC(=O)[C@H](C)[C@@H](O[C@H]2C[C@@](C)(OC)[C@@H](OC(=O)CCN(C)CCCc3cc4c5c(c3)c(=O)c(C(=O)O)cn5C(C)(C)OC4)[C@H](C)O2)[C@H](C)[C@@H](O[C@@H]2O[C@H](C)C[C@H](N(C)C)[C@H]2O)[C@](C)(OC)C[C@@H](C)C(=O)[C@H](C)[C@@H](O)[C@]1(C)O. The van der Waals surface area contributed by atoms with E-state index in [-0.39, 0.29) is 55.8 Å². The van der Waals surface area contributed by atoms with Gasteiger partial charge in [0.05, 0.1) is 60.6 Å². The second kappa shape index (κ2) is 25.9. The topological polar surface area (TPSA) is 261 Å². The van der Waals surface area contributed by atoms with Gasteiger partial charge < -0.3 is 77.4 Å². The van der Waals surface area contributed by atoms with Crippen LogP contribution in [0.4, 0.5) is 0 Å². The quantitative estimate of drug-likeness (QED) is 0.149. The number of aliphatic hydroxyl groups excluding tert-OH is 2. The molecular formula is C59H93N3O18. The van der Waals surface area contributed by atoms with Crippen molar-refractivity contribution >= 4 is 34.6 Å². The monoisotopic (exact) mass is 1130 g/mol. The predicted molar refractivity (Wildman–Crippen MR) is 295 cm³/mol. The first kappa shape index (κ1) is 65.2. The average molecular weight is 1130 g/mol. The number of aromatic nitrogens is 1. The Morgan fingerprint density at radius 3 is 2.12 bits per heavy atom. The summed E-state index contributed by atoms with van der Waals surface area (Å²) >= 11 is 0. The number of benzene rings is 1. The smallest absolute Gasteiger partial charge is 0.341 e. The summed E-state index contributed by atoms with van der Waals surface area (Å²) in [5.41, 5.74) is -3.91. The van der Waals surface area contributed by atoms with Crippen LogP contribution < -0.4 is 5.43 Å². The van der Waals surface area contributed by atoms with Crippen LogP contribution in [0.15, 0.2) is 23.1 Å². The van der Waals surface area contributed by atoms with Crippen LogP contribution in [0.5, 0.6) is 0 Å². The summed E-state index contributed by atoms with van der Waals surface area (Å²) in [7, 11) is 8.63. The van der Waals surface area contributed by atoms with Crippen LogP contribution in [0.25, 0.3) is 10.9 Å². The molecule has 0 amide bonds. The Hall–Kier alpha value is -3.97. The van der Waals surface area contributed by atoms with Gasteiger partial charge in [0.1, 0.15) is 40.5 Å². The van der Waals surface area contributed by atoms with Gasteiger partial charge in [-0.05, 0) is 127 Å². The Balaban J connectivity index is 1.20. The van der Waals surface area contributed by atoms with Crippen LogP contribution in [-0.4, -0.2) is 191 Å². The van der Waals surface area contributed by atoms with Gasteiger partial charge in [-0.2, -0.15) is 0 Å². The van der Waals surface area contributed by atoms with Gasteiger partial charge in [0.2, 0.25) is 5.43 Å². The summed E-state index contributed by atoms with van der Waals surface area (Å²) in [6.07, 6.45) is -7.01. The third-order valence-electron chi connectivity index (χ3n) is 17.8. The fraction of sp³-hybridized carbons (Fsp3) is 0.780. The van der Waals surface area contributed by atoms with Crippen molar-refractivity contribution in [2.75, 3.05) is 48.5 Å². The molecular weight excluding hydrogens is 1040 g/mol. The van der Waals surface area contributed by atoms with Crippen LogP contribution in [0.2, 0.25) is 0 Å². The molecule has 5 heterocycles. The predicted octanol–water partition coefficient (Wildman–Crippen LogP) is 5.18. The second-order valence-corrected chi connectivity index (χ2v) is 24.7. The summed E-state index contributed by atoms with van der Waals surface area (Å²) < 4.78 is 59.3. The number of methoxy groups -OCH3 is 2. The van der Waals surface area contributed by atoms with Crippen molar-refractivity contribution in [1.29, 1.82) is 0 Å². The van der Waals surface area contributed by atoms with Gasteiger partial charge in [0.15, 0.2) is 18.7 Å². The number of aromatic carboxylic acids is 1. The number of esters is 2. The van der Waals surface area contributed by atoms with Gasteiger partial charge in [-0.1, -0.05) is 33.8 Å². The van der Waals surface area contributed by atoms with Crippen LogP contribution in [0.1, 0.15) is 143 Å². The van der Waals surface area contributed by atoms with Crippen LogP contribution in [0, 0.1) is 23.7 Å². The molecule has 4 N–H and O–H groups in total. The van der Waals surface area contributed by atoms with Gasteiger partial charge in [-0.3, -0.25) is 19.2 Å². The maximum atomic E-state index is 14.6. The molecule has 18 atom stereocenters. The molecule has 21 nitrogen and oxygen atoms in total. The standard InChI is InChI=1S/C59H93N3O18/c1-18-42-59(12,71)50(67)33(4)46(64)31(2)27-57(10,72-16)51(80-55-48(66)41(60(13)14)24-32(3)75-55)34(5)49(35(6)54(70)77-42)79-44-28-58(11,73-17)52(36(7)76-44)78-43(63)21-23-61(15)22-19-20-37-25-38-30-74-56(8,9)62-29-40(53(68)69)47(65)39(26-37)45(38)62/h25-26,29,31-36,41-42,44,48-52,55,66-67,71H,18-24,27-28,30H2,1-17H3,(H,68,69)/t31-,32-,33+,34+,35-,36+,41+,42-,44+,48-,49+,50-,51-,52+,55+,57-,58-,59-/m1/s1. The first-order valence-corrected chi connectivity index (χ1v) is 28.4. The highest BCUT2D eigenvalue weighted by molar-refractivity contribution is 5.94. The number of aryl methyl sites for hydroxylation is 1. The van der Waals surface area contributed by atoms with E-state index in [2.05, 4.69) is 0 Å². The summed E-state index contributed by atoms with van der Waals surface area (Å²) in [5.74, 6) is -6.65. The molecule has 0 spiro atoms. The number of pyridine rings is 1. The molecule has 4 aliphatic rings. The minimum absolute atomic E-state index is 0.0317. The second-order valence-electron chi connectivity index (χ2n) is 24.7. The normalized spacial score (nSPS) is 37.4. The van der Waals surface area contributed by atoms with E-state index in [0.29, 0.717) is 43.3 Å². The Bertz CT molecular complexity index is 2570. The van der Waals surface area contributed by atoms with Gasteiger partial charge >= 0.3 is 17.9 Å². The summed E-state index contributed by atoms with van der Waals surface area (Å²) in [6, 6.07) is 3.42. The number of ketones is 1. The van der Waals surface area contributed by atoms with Gasteiger partial charge in [-0.15, -0.1) is 0 Å². The molecule has 452 valence electrons. The summed E-state index contributed by atoms with van der Waals surface area (Å²) in [4.78, 5) is 71.9. The number of aliphatic hydroxyl groups is 3. The number of ether oxygens (including phenoxy) is 9. The number of carbonyl (C=O) groups is 4. The lowest BCUT2D eigenvalue weighted by molar-refractivity contribution is -0.320. The van der Waals surface area contributed by atoms with Gasteiger partial charge in [-0.25, -0.2) is 4.79 Å². The maximum Gasteiger partial charge on any atom is 0.341 e. The molecule has 3 fully saturated rings. The van der Waals surface area contributed by atoms with E-state index in [1.165, 1.54) is 34.3 Å². The number of rotatable bonds is 17. The summed E-state index contributed by atoms with van der Waals surface area (Å²) in [6.45, 7) is 21.9. The van der Waals surface area contributed by atoms with Crippen molar-refractivity contribution in [3.63, 3.8) is 0 Å². The minimum Gasteiger partial charge on any atom is -0.477 e. The Morgan fingerprint density at radius 2 is 1.51 bits per heavy atom. The molecule has 0 saturated carbocycles. The number of likely N-dealkylation sites (N-methyl/N-ethyl adjacent to an activating group) is 1. The molecule has 80 heavy (non-hydrogen) atoms. The third-order valence-corrected chi connectivity index (χ3v) is 17.8. The minimum atomic E-state index is -2.03. The molecule has 0 unspecified atom stereocenters. The molecule has 21 heteroatoms. The van der Waals surface area contributed by atoms with Crippen LogP contribution >= 0.6 is 0 Å². The first-order valence-electron chi connectivity index (χ1n) is 28.4. The van der Waals surface area contributed by atoms with E-state index < -0.39 is 125 Å². The molecule has 6 rings (SSSR count). The van der Waals surface area contributed by atoms with Crippen LogP contribution in [-0.2, 0) is 75.8 Å². The number of cyclic esters (lactones) is 1. The molecule has 2 aromatic rings. The molecule has 1 aromatic carbocycles. The van der Waals surface area contributed by atoms with Crippen LogP contribution in [0.3, 0.4) is 0 Å². The molecule has 4 aliphatic heterocycles. The van der Waals surface area contributed by atoms with E-state index >= 15 is 0 Å². The molecule has 1 aromatic heterocycles. The molecule has 0 aliphatic carbocycles. The zero-order valence-electron chi connectivity index (χ0n) is 50.3. The highest BCUT2D eigenvalue weighted by atomic mass is 16.7. The van der Waals surface area contributed by atoms with Gasteiger partial charge in [0.25, 0.3) is 0 Å². The Morgan fingerprint density at radius 1 is 0.863 bits per heavy atom. The van der Waals surface area contributed by atoms with Crippen molar-refractivity contribution in [1.82, 2.24) is 14.4 Å². The van der Waals surface area contributed by atoms with E-state index in [1.54, 1.807) is 52.2 Å². The van der Waals surface area contributed by atoms with Crippen molar-refractivity contribution < 1.29 is 82.2 Å². The van der Waals surface area contributed by atoms with Crippen molar-refractivity contribution in [2.45, 2.75) is 225 Å². The number of carboxylic acid groups (broad SMARTS) is 1. The number of carboxylic acids is 1. The Labute approximate surface area is 471 Å². The van der Waals surface area contributed by atoms with E-state index in [9.17, 15) is 44.4 Å². The van der Waals surface area contributed by atoms with E-state index in [0.717, 1.165) is 11.1 Å². The number of Topliss-reactive ketones (excluding diaryl/α,β-unsaturated/α-hetero) is 1.